The highest BCUT2D eigenvalue weighted by Gasteiger charge is 2.44. The molecule has 11 heavy (non-hydrogen) atoms. The zero-order chi connectivity index (χ0) is 8.48. The summed E-state index contributed by atoms with van der Waals surface area (Å²) in [5.74, 6) is -2.16. The number of hydrogen-bond acceptors (Lipinski definition) is 1. The summed E-state index contributed by atoms with van der Waals surface area (Å²) >= 11 is 0. The number of nitrogens with one attached hydrogen (secondary N) is 1. The van der Waals surface area contributed by atoms with Gasteiger partial charge in [-0.15, -0.1) is 0 Å². The van der Waals surface area contributed by atoms with Crippen LogP contribution in [-0.2, 0) is 0 Å². The second-order valence-electron chi connectivity index (χ2n) is 3.69. The fourth-order valence-corrected chi connectivity index (χ4v) is 1.33. The van der Waals surface area contributed by atoms with Crippen molar-refractivity contribution in [2.45, 2.75) is 38.7 Å². The third-order valence-corrected chi connectivity index (χ3v) is 1.99. The lowest BCUT2D eigenvalue weighted by Crippen LogP contribution is -2.42. The Hall–Kier alpha value is -0.180. The van der Waals surface area contributed by atoms with Crippen LogP contribution in [-0.4, -0.2) is 18.5 Å². The molecule has 0 unspecified atom stereocenters. The summed E-state index contributed by atoms with van der Waals surface area (Å²) in [6, 6.07) is 0.407. The van der Waals surface area contributed by atoms with Crippen LogP contribution in [0.1, 0.15) is 26.7 Å². The van der Waals surface area contributed by atoms with E-state index in [9.17, 15) is 8.78 Å². The lowest BCUT2D eigenvalue weighted by atomic mass is 9.81. The van der Waals surface area contributed by atoms with Crippen molar-refractivity contribution in [3.8, 4) is 0 Å². The van der Waals surface area contributed by atoms with Gasteiger partial charge in [-0.2, -0.15) is 0 Å². The summed E-state index contributed by atoms with van der Waals surface area (Å²) in [4.78, 5) is 0. The van der Waals surface area contributed by atoms with E-state index in [0.29, 0.717) is 6.04 Å². The molecule has 0 aromatic carbocycles. The minimum Gasteiger partial charge on any atom is -0.314 e. The normalized spacial score (nSPS) is 23.7. The molecule has 1 fully saturated rings. The number of hydrogen-bond donors (Lipinski definition) is 1. The van der Waals surface area contributed by atoms with Gasteiger partial charge in [0.1, 0.15) is 0 Å². The Kier molecular flexibility index (Phi) is 2.47. The molecular formula is C8H15F2N. The summed E-state index contributed by atoms with van der Waals surface area (Å²) < 4.78 is 24.6. The molecule has 1 rings (SSSR count). The lowest BCUT2D eigenvalue weighted by molar-refractivity contribution is -0.109. The quantitative estimate of drug-likeness (QED) is 0.671. The zero-order valence-corrected chi connectivity index (χ0v) is 7.03. The molecule has 0 saturated heterocycles. The van der Waals surface area contributed by atoms with Gasteiger partial charge >= 0.3 is 0 Å². The van der Waals surface area contributed by atoms with Crippen LogP contribution in [0.5, 0.6) is 0 Å². The Morgan fingerprint density at radius 3 is 2.36 bits per heavy atom. The van der Waals surface area contributed by atoms with Crippen LogP contribution in [0.25, 0.3) is 0 Å². The monoisotopic (exact) mass is 163 g/mol. The van der Waals surface area contributed by atoms with Gasteiger partial charge in [-0.1, -0.05) is 13.8 Å². The predicted molar refractivity (Wildman–Crippen MR) is 40.8 cm³/mol. The van der Waals surface area contributed by atoms with E-state index in [4.69, 9.17) is 0 Å². The van der Waals surface area contributed by atoms with Gasteiger partial charge in [0.05, 0.1) is 0 Å². The van der Waals surface area contributed by atoms with Crippen molar-refractivity contribution in [2.75, 3.05) is 6.54 Å². The maximum Gasteiger partial charge on any atom is 0.248 e. The molecule has 0 atom stereocenters. The van der Waals surface area contributed by atoms with Crippen LogP contribution in [0, 0.1) is 5.92 Å². The van der Waals surface area contributed by atoms with E-state index in [0.717, 1.165) is 6.54 Å². The highest BCUT2D eigenvalue weighted by molar-refractivity contribution is 4.87. The van der Waals surface area contributed by atoms with Gasteiger partial charge in [0.25, 0.3) is 0 Å². The zero-order valence-electron chi connectivity index (χ0n) is 7.03. The summed E-state index contributed by atoms with van der Waals surface area (Å²) in [6.45, 7) is 4.79. The van der Waals surface area contributed by atoms with Crippen molar-refractivity contribution >= 4 is 0 Å². The van der Waals surface area contributed by atoms with E-state index in [1.807, 2.05) is 13.8 Å². The Morgan fingerprint density at radius 1 is 1.45 bits per heavy atom. The van der Waals surface area contributed by atoms with Gasteiger partial charge in [0.15, 0.2) is 0 Å². The fraction of sp³-hybridized carbons (Fsp3) is 1.00. The molecular weight excluding hydrogens is 148 g/mol. The minimum atomic E-state index is -2.36. The maximum atomic E-state index is 12.3. The van der Waals surface area contributed by atoms with Gasteiger partial charge in [0, 0.05) is 18.9 Å². The minimum absolute atomic E-state index is 0.0761. The van der Waals surface area contributed by atoms with Crippen molar-refractivity contribution in [1.29, 1.82) is 0 Å². The average molecular weight is 163 g/mol. The summed E-state index contributed by atoms with van der Waals surface area (Å²) in [5.41, 5.74) is 0. The SMILES string of the molecule is CC(C)NCC1CC(F)(F)C1. The second kappa shape index (κ2) is 3.05. The van der Waals surface area contributed by atoms with Crippen LogP contribution < -0.4 is 5.32 Å². The van der Waals surface area contributed by atoms with Gasteiger partial charge in [0.2, 0.25) is 5.92 Å². The number of halogens is 2. The number of rotatable bonds is 3. The van der Waals surface area contributed by atoms with Gasteiger partial charge in [-0.05, 0) is 12.5 Å². The Labute approximate surface area is 66.2 Å². The summed E-state index contributed by atoms with van der Waals surface area (Å²) in [6.07, 6.45) is 0.152. The topological polar surface area (TPSA) is 12.0 Å². The first kappa shape index (κ1) is 8.91. The molecule has 0 bridgehead atoms. The molecule has 1 aliphatic rings. The molecule has 66 valence electrons. The first-order chi connectivity index (χ1) is 4.99. The van der Waals surface area contributed by atoms with E-state index in [2.05, 4.69) is 5.32 Å². The molecule has 0 spiro atoms. The first-order valence-electron chi connectivity index (χ1n) is 4.11. The molecule has 0 amide bonds. The highest BCUT2D eigenvalue weighted by atomic mass is 19.3. The maximum absolute atomic E-state index is 12.3. The molecule has 0 heterocycles. The van der Waals surface area contributed by atoms with Crippen LogP contribution >= 0.6 is 0 Å². The second-order valence-corrected chi connectivity index (χ2v) is 3.69. The molecule has 1 N–H and O–H groups in total. The number of alkyl halides is 2. The summed E-state index contributed by atoms with van der Waals surface area (Å²) in [7, 11) is 0. The van der Waals surface area contributed by atoms with E-state index >= 15 is 0 Å². The van der Waals surface area contributed by atoms with Crippen LogP contribution in [0.2, 0.25) is 0 Å². The van der Waals surface area contributed by atoms with Crippen LogP contribution in [0.3, 0.4) is 0 Å². The van der Waals surface area contributed by atoms with E-state index in [1.54, 1.807) is 0 Å². The van der Waals surface area contributed by atoms with E-state index in [1.165, 1.54) is 0 Å². The van der Waals surface area contributed by atoms with Crippen molar-refractivity contribution in [1.82, 2.24) is 5.32 Å². The first-order valence-corrected chi connectivity index (χ1v) is 4.11. The molecule has 0 aromatic heterocycles. The molecule has 0 radical (unpaired) electrons. The van der Waals surface area contributed by atoms with Crippen LogP contribution in [0.15, 0.2) is 0 Å². The van der Waals surface area contributed by atoms with Gasteiger partial charge < -0.3 is 5.32 Å². The molecule has 3 heteroatoms. The lowest BCUT2D eigenvalue weighted by Gasteiger charge is -2.35. The van der Waals surface area contributed by atoms with Gasteiger partial charge in [-0.25, -0.2) is 8.78 Å². The molecule has 0 aliphatic heterocycles. The Morgan fingerprint density at radius 2 is 2.00 bits per heavy atom. The van der Waals surface area contributed by atoms with Crippen LogP contribution in [0.4, 0.5) is 8.78 Å². The van der Waals surface area contributed by atoms with Gasteiger partial charge in [-0.3, -0.25) is 0 Å². The third-order valence-electron chi connectivity index (χ3n) is 1.99. The Bertz CT molecular complexity index is 126. The fourth-order valence-electron chi connectivity index (χ4n) is 1.33. The van der Waals surface area contributed by atoms with E-state index in [-0.39, 0.29) is 18.8 Å². The molecule has 1 nitrogen and oxygen atoms in total. The summed E-state index contributed by atoms with van der Waals surface area (Å²) in [5, 5.41) is 3.15. The van der Waals surface area contributed by atoms with Crippen molar-refractivity contribution in [3.63, 3.8) is 0 Å². The highest BCUT2D eigenvalue weighted by Crippen LogP contribution is 2.41. The molecule has 1 saturated carbocycles. The molecule has 1 aliphatic carbocycles. The average Bonchev–Trinajstić information content (AvgIpc) is 1.78. The third kappa shape index (κ3) is 2.73. The van der Waals surface area contributed by atoms with Crippen molar-refractivity contribution < 1.29 is 8.78 Å². The predicted octanol–water partition coefficient (Wildman–Crippen LogP) is 2.03. The standard InChI is InChI=1S/C8H15F2N/c1-6(2)11-5-7-3-8(9,10)4-7/h6-7,11H,3-5H2,1-2H3. The Balaban J connectivity index is 2.05. The van der Waals surface area contributed by atoms with Crippen molar-refractivity contribution in [3.05, 3.63) is 0 Å². The van der Waals surface area contributed by atoms with Crippen molar-refractivity contribution in [2.24, 2.45) is 5.92 Å². The van der Waals surface area contributed by atoms with E-state index < -0.39 is 5.92 Å². The largest absolute Gasteiger partial charge is 0.314 e. The smallest absolute Gasteiger partial charge is 0.248 e. The molecule has 0 aromatic rings.